The van der Waals surface area contributed by atoms with Gasteiger partial charge in [0, 0.05) is 19.6 Å². The van der Waals surface area contributed by atoms with Crippen LogP contribution < -0.4 is 0 Å². The molecule has 1 rings (SSSR count). The number of carbonyl (C=O) groups is 1. The molecule has 1 amide bonds. The molecule has 0 aromatic rings. The Morgan fingerprint density at radius 1 is 1.11 bits per heavy atom. The molecule has 1 fully saturated rings. The monoisotopic (exact) mass is 270 g/mol. The summed E-state index contributed by atoms with van der Waals surface area (Å²) in [6, 6.07) is 0. The Hall–Kier alpha value is -0.610. The molecule has 0 bridgehead atoms. The minimum Gasteiger partial charge on any atom is -0.389 e. The van der Waals surface area contributed by atoms with Crippen LogP contribution in [-0.4, -0.2) is 60.1 Å². The van der Waals surface area contributed by atoms with E-state index in [1.54, 1.807) is 0 Å². The summed E-state index contributed by atoms with van der Waals surface area (Å²) in [5, 5.41) is 10.5. The van der Waals surface area contributed by atoms with Crippen molar-refractivity contribution >= 4 is 5.91 Å². The van der Waals surface area contributed by atoms with E-state index in [-0.39, 0.29) is 5.91 Å². The van der Waals surface area contributed by atoms with E-state index in [1.807, 2.05) is 19.0 Å². The third-order valence-corrected chi connectivity index (χ3v) is 3.93. The van der Waals surface area contributed by atoms with E-state index >= 15 is 0 Å². The van der Waals surface area contributed by atoms with Crippen molar-refractivity contribution in [2.75, 3.05) is 33.7 Å². The van der Waals surface area contributed by atoms with E-state index < -0.39 is 5.60 Å². The lowest BCUT2D eigenvalue weighted by Crippen LogP contribution is -2.43. The average Bonchev–Trinajstić information content (AvgIpc) is 2.34. The van der Waals surface area contributed by atoms with Crippen molar-refractivity contribution in [3.8, 4) is 0 Å². The standard InChI is InChI=1S/C15H30N2O2/c1-4-10-17(12-11-16(2)3)14(18)13-15(19)8-6-5-7-9-15/h19H,4-13H2,1-3H3. The summed E-state index contributed by atoms with van der Waals surface area (Å²) in [7, 11) is 4.03. The van der Waals surface area contributed by atoms with Gasteiger partial charge in [-0.25, -0.2) is 0 Å². The maximum Gasteiger partial charge on any atom is 0.225 e. The molecule has 4 nitrogen and oxygen atoms in total. The summed E-state index contributed by atoms with van der Waals surface area (Å²) < 4.78 is 0. The molecule has 1 aliphatic carbocycles. The molecule has 0 spiro atoms. The molecule has 0 unspecified atom stereocenters. The van der Waals surface area contributed by atoms with E-state index in [0.717, 1.165) is 51.7 Å². The fourth-order valence-electron chi connectivity index (χ4n) is 2.73. The predicted octanol–water partition coefficient (Wildman–Crippen LogP) is 1.87. The Morgan fingerprint density at radius 3 is 2.26 bits per heavy atom. The van der Waals surface area contributed by atoms with E-state index in [0.29, 0.717) is 6.42 Å². The van der Waals surface area contributed by atoms with E-state index in [9.17, 15) is 9.90 Å². The van der Waals surface area contributed by atoms with Crippen molar-refractivity contribution in [2.45, 2.75) is 57.5 Å². The molecule has 0 saturated heterocycles. The van der Waals surface area contributed by atoms with Gasteiger partial charge < -0.3 is 14.9 Å². The topological polar surface area (TPSA) is 43.8 Å². The first kappa shape index (κ1) is 16.4. The first-order chi connectivity index (χ1) is 8.97. The molecule has 1 aliphatic rings. The molecule has 0 heterocycles. The molecule has 0 radical (unpaired) electrons. The van der Waals surface area contributed by atoms with E-state index in [2.05, 4.69) is 11.8 Å². The van der Waals surface area contributed by atoms with Crippen LogP contribution in [0.5, 0.6) is 0 Å². The van der Waals surface area contributed by atoms with Crippen LogP contribution in [-0.2, 0) is 4.79 Å². The lowest BCUT2D eigenvalue weighted by Gasteiger charge is -2.34. The van der Waals surface area contributed by atoms with E-state index in [1.165, 1.54) is 6.42 Å². The normalized spacial score (nSPS) is 18.6. The molecular formula is C15H30N2O2. The molecule has 19 heavy (non-hydrogen) atoms. The highest BCUT2D eigenvalue weighted by atomic mass is 16.3. The lowest BCUT2D eigenvalue weighted by atomic mass is 9.82. The number of hydrogen-bond donors (Lipinski definition) is 1. The summed E-state index contributed by atoms with van der Waals surface area (Å²) in [6.07, 6.45) is 6.14. The molecule has 1 saturated carbocycles. The van der Waals surface area contributed by atoms with Gasteiger partial charge in [0.05, 0.1) is 12.0 Å². The molecule has 0 aliphatic heterocycles. The fraction of sp³-hybridized carbons (Fsp3) is 0.933. The van der Waals surface area contributed by atoms with Gasteiger partial charge in [0.2, 0.25) is 5.91 Å². The van der Waals surface area contributed by atoms with Gasteiger partial charge in [0.15, 0.2) is 0 Å². The highest BCUT2D eigenvalue weighted by molar-refractivity contribution is 5.77. The van der Waals surface area contributed by atoms with Crippen LogP contribution in [0.3, 0.4) is 0 Å². The third kappa shape index (κ3) is 5.91. The Balaban J connectivity index is 2.50. The Kier molecular flexibility index (Phi) is 6.80. The van der Waals surface area contributed by atoms with Crippen molar-refractivity contribution in [1.29, 1.82) is 0 Å². The highest BCUT2D eigenvalue weighted by Crippen LogP contribution is 2.31. The van der Waals surface area contributed by atoms with Gasteiger partial charge in [-0.3, -0.25) is 4.79 Å². The summed E-state index contributed by atoms with van der Waals surface area (Å²) in [5.74, 6) is 0.119. The second-order valence-corrected chi connectivity index (χ2v) is 6.15. The van der Waals surface area contributed by atoms with Crippen LogP contribution in [0.25, 0.3) is 0 Å². The summed E-state index contributed by atoms with van der Waals surface area (Å²) in [6.45, 7) is 4.52. The molecule has 0 aromatic carbocycles. The molecule has 4 heteroatoms. The fourth-order valence-corrected chi connectivity index (χ4v) is 2.73. The number of rotatable bonds is 7. The minimum absolute atomic E-state index is 0.119. The molecule has 1 N–H and O–H groups in total. The van der Waals surface area contributed by atoms with Crippen molar-refractivity contribution in [2.24, 2.45) is 0 Å². The van der Waals surface area contributed by atoms with Crippen LogP contribution >= 0.6 is 0 Å². The second-order valence-electron chi connectivity index (χ2n) is 6.15. The van der Waals surface area contributed by atoms with Gasteiger partial charge in [-0.1, -0.05) is 26.2 Å². The maximum absolute atomic E-state index is 12.4. The Bertz CT molecular complexity index is 273. The minimum atomic E-state index is -0.737. The van der Waals surface area contributed by atoms with Crippen molar-refractivity contribution in [3.63, 3.8) is 0 Å². The molecule has 0 aromatic heterocycles. The van der Waals surface area contributed by atoms with Gasteiger partial charge in [-0.2, -0.15) is 0 Å². The van der Waals surface area contributed by atoms with Gasteiger partial charge >= 0.3 is 0 Å². The van der Waals surface area contributed by atoms with E-state index in [4.69, 9.17) is 0 Å². The zero-order chi connectivity index (χ0) is 14.3. The molecule has 112 valence electrons. The van der Waals surface area contributed by atoms with Crippen LogP contribution in [0, 0.1) is 0 Å². The van der Waals surface area contributed by atoms with Crippen LogP contribution in [0.1, 0.15) is 51.9 Å². The van der Waals surface area contributed by atoms with Crippen molar-refractivity contribution < 1.29 is 9.90 Å². The number of aliphatic hydroxyl groups is 1. The summed E-state index contributed by atoms with van der Waals surface area (Å²) in [5.41, 5.74) is -0.737. The predicted molar refractivity (Wildman–Crippen MR) is 78.1 cm³/mol. The van der Waals surface area contributed by atoms with Crippen molar-refractivity contribution in [1.82, 2.24) is 9.80 Å². The van der Waals surface area contributed by atoms with Crippen LogP contribution in [0.4, 0.5) is 0 Å². The SMILES string of the molecule is CCCN(CCN(C)C)C(=O)CC1(O)CCCCC1. The van der Waals surface area contributed by atoms with Gasteiger partial charge in [-0.05, 0) is 33.4 Å². The Labute approximate surface area is 117 Å². The van der Waals surface area contributed by atoms with Crippen LogP contribution in [0.2, 0.25) is 0 Å². The summed E-state index contributed by atoms with van der Waals surface area (Å²) >= 11 is 0. The number of carbonyl (C=O) groups excluding carboxylic acids is 1. The largest absolute Gasteiger partial charge is 0.389 e. The second kappa shape index (κ2) is 7.85. The van der Waals surface area contributed by atoms with Gasteiger partial charge in [-0.15, -0.1) is 0 Å². The van der Waals surface area contributed by atoms with Crippen LogP contribution in [0.15, 0.2) is 0 Å². The highest BCUT2D eigenvalue weighted by Gasteiger charge is 2.33. The number of nitrogens with zero attached hydrogens (tertiary/aromatic N) is 2. The smallest absolute Gasteiger partial charge is 0.225 e. The first-order valence-electron chi connectivity index (χ1n) is 7.62. The Morgan fingerprint density at radius 2 is 1.74 bits per heavy atom. The van der Waals surface area contributed by atoms with Gasteiger partial charge in [0.25, 0.3) is 0 Å². The zero-order valence-corrected chi connectivity index (χ0v) is 12.8. The number of hydrogen-bond acceptors (Lipinski definition) is 3. The molecular weight excluding hydrogens is 240 g/mol. The van der Waals surface area contributed by atoms with Gasteiger partial charge in [0.1, 0.15) is 0 Å². The quantitative estimate of drug-likeness (QED) is 0.768. The number of likely N-dealkylation sites (N-methyl/N-ethyl adjacent to an activating group) is 1. The van der Waals surface area contributed by atoms with Crippen molar-refractivity contribution in [3.05, 3.63) is 0 Å². The first-order valence-corrected chi connectivity index (χ1v) is 7.62. The third-order valence-electron chi connectivity index (χ3n) is 3.93. The number of amides is 1. The molecule has 0 atom stereocenters. The zero-order valence-electron chi connectivity index (χ0n) is 12.8. The summed E-state index contributed by atoms with van der Waals surface area (Å²) in [4.78, 5) is 16.4. The lowest BCUT2D eigenvalue weighted by molar-refractivity contribution is -0.138. The maximum atomic E-state index is 12.4. The average molecular weight is 270 g/mol.